The molecule has 3 N–H and O–H groups in total. The van der Waals surface area contributed by atoms with E-state index < -0.39 is 18.4 Å². The first-order valence-electron chi connectivity index (χ1n) is 10.3. The van der Waals surface area contributed by atoms with Crippen molar-refractivity contribution in [2.75, 3.05) is 13.2 Å². The summed E-state index contributed by atoms with van der Waals surface area (Å²) in [5, 5.41) is 21.8. The van der Waals surface area contributed by atoms with E-state index >= 15 is 0 Å². The number of phenols is 2. The van der Waals surface area contributed by atoms with Gasteiger partial charge in [-0.2, -0.15) is 0 Å². The molecule has 0 saturated heterocycles. The Kier molecular flexibility index (Phi) is 5.23. The largest absolute Gasteiger partial charge is 0.508 e. The fourth-order valence-corrected chi connectivity index (χ4v) is 5.91. The lowest BCUT2D eigenvalue weighted by Crippen LogP contribution is -2.53. The van der Waals surface area contributed by atoms with Crippen molar-refractivity contribution in [1.29, 1.82) is 0 Å². The number of carbonyl (C=O) groups is 3. The lowest BCUT2D eigenvalue weighted by Gasteiger charge is -2.55. The Morgan fingerprint density at radius 2 is 1.66 bits per heavy atom. The summed E-state index contributed by atoms with van der Waals surface area (Å²) in [6.07, 6.45) is 6.71. The van der Waals surface area contributed by atoms with Gasteiger partial charge in [0.25, 0.3) is 0 Å². The second-order valence-corrected chi connectivity index (χ2v) is 8.99. The van der Waals surface area contributed by atoms with Gasteiger partial charge in [0.15, 0.2) is 6.61 Å². The summed E-state index contributed by atoms with van der Waals surface area (Å²) < 4.78 is 4.96. The number of ketones is 1. The topological polar surface area (TPSA) is 113 Å². The molecule has 0 aliphatic heterocycles. The van der Waals surface area contributed by atoms with Gasteiger partial charge < -0.3 is 20.3 Å². The third-order valence-electron chi connectivity index (χ3n) is 6.78. The quantitative estimate of drug-likeness (QED) is 0.478. The molecule has 5 rings (SSSR count). The molecule has 156 valence electrons. The molecule has 7 heteroatoms. The van der Waals surface area contributed by atoms with Gasteiger partial charge in [-0.25, -0.2) is 0 Å². The number of esters is 1. The predicted molar refractivity (Wildman–Crippen MR) is 103 cm³/mol. The molecule has 1 aromatic rings. The summed E-state index contributed by atoms with van der Waals surface area (Å²) in [5.74, 6) is 0.433. The first kappa shape index (κ1) is 19.7. The van der Waals surface area contributed by atoms with Crippen LogP contribution < -0.4 is 5.32 Å². The van der Waals surface area contributed by atoms with Gasteiger partial charge in [-0.1, -0.05) is 0 Å². The van der Waals surface area contributed by atoms with Crippen molar-refractivity contribution in [1.82, 2.24) is 5.32 Å². The first-order chi connectivity index (χ1) is 13.8. The van der Waals surface area contributed by atoms with Crippen LogP contribution in [0.2, 0.25) is 0 Å². The fraction of sp³-hybridized carbons (Fsp3) is 0.591. The van der Waals surface area contributed by atoms with Crippen LogP contribution in [-0.2, 0) is 14.3 Å². The van der Waals surface area contributed by atoms with Crippen molar-refractivity contribution in [3.63, 3.8) is 0 Å². The molecule has 0 atom stereocenters. The molecule has 1 amide bonds. The van der Waals surface area contributed by atoms with E-state index in [9.17, 15) is 24.6 Å². The lowest BCUT2D eigenvalue weighted by atomic mass is 9.49. The molecule has 0 aromatic heterocycles. The van der Waals surface area contributed by atoms with Crippen molar-refractivity contribution >= 4 is 17.7 Å². The van der Waals surface area contributed by atoms with Gasteiger partial charge >= 0.3 is 5.97 Å². The van der Waals surface area contributed by atoms with E-state index in [0.29, 0.717) is 17.8 Å². The van der Waals surface area contributed by atoms with Gasteiger partial charge in [-0.05, 0) is 68.4 Å². The highest BCUT2D eigenvalue weighted by Gasteiger charge is 2.54. The van der Waals surface area contributed by atoms with E-state index in [2.05, 4.69) is 5.32 Å². The summed E-state index contributed by atoms with van der Waals surface area (Å²) in [6, 6.07) is 3.59. The number of Topliss-reactive ketones (excluding diaryl/α,β-unsaturated/α-hetero) is 1. The van der Waals surface area contributed by atoms with Crippen LogP contribution in [0.25, 0.3) is 0 Å². The second-order valence-electron chi connectivity index (χ2n) is 8.99. The molecule has 29 heavy (non-hydrogen) atoms. The number of benzene rings is 1. The van der Waals surface area contributed by atoms with Crippen molar-refractivity contribution in [2.24, 2.45) is 23.2 Å². The highest BCUT2D eigenvalue weighted by Crippen LogP contribution is 2.60. The van der Waals surface area contributed by atoms with Gasteiger partial charge in [0, 0.05) is 18.0 Å². The number of aromatic hydroxyl groups is 2. The summed E-state index contributed by atoms with van der Waals surface area (Å²) in [7, 11) is 0. The molecule has 7 nitrogen and oxygen atoms in total. The molecule has 4 saturated carbocycles. The molecular weight excluding hydrogens is 374 g/mol. The number of rotatable bonds is 7. The molecule has 4 bridgehead atoms. The lowest BCUT2D eigenvalue weighted by molar-refractivity contribution is -0.147. The zero-order valence-corrected chi connectivity index (χ0v) is 16.4. The number of hydrogen-bond donors (Lipinski definition) is 3. The maximum absolute atomic E-state index is 12.8. The SMILES string of the molecule is O=C(CCNC(=O)C12CC3CC(CC(C3)C1)C2)OCC(=O)c1ccc(O)cc1O. The molecule has 1 aromatic carbocycles. The van der Waals surface area contributed by atoms with E-state index in [0.717, 1.165) is 25.3 Å². The Hall–Kier alpha value is -2.57. The van der Waals surface area contributed by atoms with E-state index in [4.69, 9.17) is 4.74 Å². The fourth-order valence-electron chi connectivity index (χ4n) is 5.91. The van der Waals surface area contributed by atoms with Gasteiger partial charge in [-0.15, -0.1) is 0 Å². The molecule has 4 fully saturated rings. The van der Waals surface area contributed by atoms with Gasteiger partial charge in [0.1, 0.15) is 11.5 Å². The molecule has 0 spiro atoms. The van der Waals surface area contributed by atoms with Crippen LogP contribution in [0.1, 0.15) is 55.3 Å². The summed E-state index contributed by atoms with van der Waals surface area (Å²) >= 11 is 0. The number of nitrogens with one attached hydrogen (secondary N) is 1. The Labute approximate surface area is 169 Å². The van der Waals surface area contributed by atoms with E-state index in [-0.39, 0.29) is 41.4 Å². The summed E-state index contributed by atoms with van der Waals surface area (Å²) in [4.78, 5) is 36.8. The molecule has 0 radical (unpaired) electrons. The third kappa shape index (κ3) is 4.09. The average molecular weight is 401 g/mol. The predicted octanol–water partition coefficient (Wildman–Crippen LogP) is 2.55. The summed E-state index contributed by atoms with van der Waals surface area (Å²) in [6.45, 7) is -0.307. The monoisotopic (exact) mass is 401 g/mol. The highest BCUT2D eigenvalue weighted by atomic mass is 16.5. The maximum atomic E-state index is 12.8. The Bertz CT molecular complexity index is 797. The zero-order chi connectivity index (χ0) is 20.6. The number of carbonyl (C=O) groups excluding carboxylic acids is 3. The Balaban J connectivity index is 1.21. The van der Waals surface area contributed by atoms with Gasteiger partial charge in [-0.3, -0.25) is 14.4 Å². The highest BCUT2D eigenvalue weighted by molar-refractivity contribution is 6.00. The van der Waals surface area contributed by atoms with Crippen LogP contribution in [0.4, 0.5) is 0 Å². The Morgan fingerprint density at radius 3 is 2.24 bits per heavy atom. The Morgan fingerprint density at radius 1 is 1.03 bits per heavy atom. The van der Waals surface area contributed by atoms with Gasteiger partial charge in [0.2, 0.25) is 11.7 Å². The second kappa shape index (κ2) is 7.69. The smallest absolute Gasteiger partial charge is 0.308 e. The van der Waals surface area contributed by atoms with Crippen LogP contribution in [0.3, 0.4) is 0 Å². The van der Waals surface area contributed by atoms with Crippen LogP contribution in [0, 0.1) is 23.2 Å². The third-order valence-corrected chi connectivity index (χ3v) is 6.78. The van der Waals surface area contributed by atoms with Crippen molar-refractivity contribution < 1.29 is 29.3 Å². The zero-order valence-electron chi connectivity index (χ0n) is 16.4. The molecule has 4 aliphatic rings. The maximum Gasteiger partial charge on any atom is 0.308 e. The minimum Gasteiger partial charge on any atom is -0.508 e. The number of hydrogen-bond acceptors (Lipinski definition) is 6. The van der Waals surface area contributed by atoms with Crippen molar-refractivity contribution in [3.8, 4) is 11.5 Å². The number of phenolic OH excluding ortho intramolecular Hbond substituents is 2. The summed E-state index contributed by atoms with van der Waals surface area (Å²) in [5.41, 5.74) is -0.268. The standard InChI is InChI=1S/C22H27NO6/c24-16-1-2-17(18(25)8-16)19(26)12-29-20(27)3-4-23-21(28)22-9-13-5-14(10-22)7-15(6-13)11-22/h1-2,8,13-15,24-25H,3-7,9-12H2,(H,23,28). The number of ether oxygens (including phenoxy) is 1. The van der Waals surface area contributed by atoms with Crippen molar-refractivity contribution in [3.05, 3.63) is 23.8 Å². The number of amides is 1. The molecule has 0 unspecified atom stereocenters. The van der Waals surface area contributed by atoms with Crippen molar-refractivity contribution in [2.45, 2.75) is 44.9 Å². The van der Waals surface area contributed by atoms with E-state index in [1.54, 1.807) is 0 Å². The van der Waals surface area contributed by atoms with E-state index in [1.807, 2.05) is 0 Å². The average Bonchev–Trinajstić information content (AvgIpc) is 2.65. The molecular formula is C22H27NO6. The van der Waals surface area contributed by atoms with Crippen LogP contribution >= 0.6 is 0 Å². The normalized spacial score (nSPS) is 29.4. The van der Waals surface area contributed by atoms with Crippen LogP contribution in [-0.4, -0.2) is 41.0 Å². The molecule has 4 aliphatic carbocycles. The molecule has 0 heterocycles. The minimum atomic E-state index is -0.581. The first-order valence-corrected chi connectivity index (χ1v) is 10.3. The van der Waals surface area contributed by atoms with Gasteiger partial charge in [0.05, 0.1) is 12.0 Å². The van der Waals surface area contributed by atoms with E-state index in [1.165, 1.54) is 31.4 Å². The van der Waals surface area contributed by atoms with Crippen LogP contribution in [0.15, 0.2) is 18.2 Å². The van der Waals surface area contributed by atoms with Crippen LogP contribution in [0.5, 0.6) is 11.5 Å². The minimum absolute atomic E-state index is 0.00700.